The molecule has 0 bridgehead atoms. The normalized spacial score (nSPS) is 14.4. The van der Waals surface area contributed by atoms with Crippen LogP contribution in [0.4, 0.5) is 5.82 Å². The molecule has 0 atom stereocenters. The second-order valence-electron chi connectivity index (χ2n) is 5.98. The van der Waals surface area contributed by atoms with Crippen LogP contribution in [0.25, 0.3) is 5.65 Å². The van der Waals surface area contributed by atoms with Crippen molar-refractivity contribution in [1.82, 2.24) is 19.6 Å². The third kappa shape index (κ3) is 1.96. The largest absolute Gasteiger partial charge is 0.352 e. The van der Waals surface area contributed by atoms with E-state index in [1.165, 1.54) is 11.3 Å². The molecular weight excluding hydrogens is 274 g/mol. The van der Waals surface area contributed by atoms with Crippen molar-refractivity contribution in [2.24, 2.45) is 0 Å². The summed E-state index contributed by atoms with van der Waals surface area (Å²) in [5, 5.41) is 4.68. The molecule has 5 heteroatoms. The molecule has 4 rings (SSSR count). The SMILES string of the molecule is Cc1cc(N2CCc3ncccc3C2)n2nc(C)c(C)c2n1. The Morgan fingerprint density at radius 2 is 2.05 bits per heavy atom. The third-order valence-electron chi connectivity index (χ3n) is 4.45. The summed E-state index contributed by atoms with van der Waals surface area (Å²) in [7, 11) is 0. The van der Waals surface area contributed by atoms with Crippen molar-refractivity contribution in [1.29, 1.82) is 0 Å². The van der Waals surface area contributed by atoms with Gasteiger partial charge in [-0.25, -0.2) is 4.98 Å². The minimum Gasteiger partial charge on any atom is -0.352 e. The number of rotatable bonds is 1. The highest BCUT2D eigenvalue weighted by Crippen LogP contribution is 2.26. The average Bonchev–Trinajstić information content (AvgIpc) is 2.81. The molecule has 0 unspecified atom stereocenters. The Morgan fingerprint density at radius 3 is 2.91 bits per heavy atom. The van der Waals surface area contributed by atoms with Crippen molar-refractivity contribution in [2.45, 2.75) is 33.7 Å². The zero-order valence-corrected chi connectivity index (χ0v) is 13.2. The topological polar surface area (TPSA) is 46.3 Å². The maximum absolute atomic E-state index is 4.68. The Labute approximate surface area is 129 Å². The summed E-state index contributed by atoms with van der Waals surface area (Å²) in [6.07, 6.45) is 2.85. The molecule has 1 aliphatic rings. The van der Waals surface area contributed by atoms with E-state index in [1.54, 1.807) is 0 Å². The van der Waals surface area contributed by atoms with Gasteiger partial charge in [0.25, 0.3) is 0 Å². The molecule has 0 N–H and O–H groups in total. The lowest BCUT2D eigenvalue weighted by Gasteiger charge is -2.30. The Morgan fingerprint density at radius 1 is 1.18 bits per heavy atom. The lowest BCUT2D eigenvalue weighted by molar-refractivity contribution is 0.686. The number of anilines is 1. The molecule has 0 saturated heterocycles. The van der Waals surface area contributed by atoms with Crippen LogP contribution < -0.4 is 4.90 Å². The predicted molar refractivity (Wildman–Crippen MR) is 86.2 cm³/mol. The monoisotopic (exact) mass is 293 g/mol. The number of aromatic nitrogens is 4. The minimum absolute atomic E-state index is 0.875. The van der Waals surface area contributed by atoms with Crippen LogP contribution in [-0.2, 0) is 13.0 Å². The summed E-state index contributed by atoms with van der Waals surface area (Å²) >= 11 is 0. The number of fused-ring (bicyclic) bond motifs is 2. The zero-order chi connectivity index (χ0) is 15.3. The molecule has 3 aromatic heterocycles. The van der Waals surface area contributed by atoms with Gasteiger partial charge in [-0.1, -0.05) is 6.07 Å². The van der Waals surface area contributed by atoms with Crippen molar-refractivity contribution in [3.05, 3.63) is 52.6 Å². The molecule has 5 nitrogen and oxygen atoms in total. The Kier molecular flexibility index (Phi) is 2.89. The van der Waals surface area contributed by atoms with Gasteiger partial charge in [0, 0.05) is 48.7 Å². The van der Waals surface area contributed by atoms with E-state index >= 15 is 0 Å². The van der Waals surface area contributed by atoms with Gasteiger partial charge >= 0.3 is 0 Å². The lowest BCUT2D eigenvalue weighted by atomic mass is 10.1. The van der Waals surface area contributed by atoms with E-state index in [9.17, 15) is 0 Å². The van der Waals surface area contributed by atoms with Gasteiger partial charge in [0.1, 0.15) is 5.82 Å². The van der Waals surface area contributed by atoms with Crippen molar-refractivity contribution >= 4 is 11.5 Å². The van der Waals surface area contributed by atoms with Gasteiger partial charge in [0.05, 0.1) is 5.69 Å². The van der Waals surface area contributed by atoms with E-state index in [1.807, 2.05) is 30.6 Å². The van der Waals surface area contributed by atoms with Crippen LogP contribution in [0, 0.1) is 20.8 Å². The standard InChI is InChI=1S/C17H19N5/c1-11-9-16(22-17(19-11)12(2)13(3)20-22)21-8-6-15-14(10-21)5-4-7-18-15/h4-5,7,9H,6,8,10H2,1-3H3. The molecule has 112 valence electrons. The zero-order valence-electron chi connectivity index (χ0n) is 13.2. The molecule has 0 fully saturated rings. The highest BCUT2D eigenvalue weighted by Gasteiger charge is 2.21. The van der Waals surface area contributed by atoms with Gasteiger partial charge in [0.15, 0.2) is 5.65 Å². The van der Waals surface area contributed by atoms with Crippen LogP contribution in [-0.4, -0.2) is 26.1 Å². The first-order chi connectivity index (χ1) is 10.6. The highest BCUT2D eigenvalue weighted by molar-refractivity contribution is 5.57. The molecule has 0 spiro atoms. The van der Waals surface area contributed by atoms with Crippen molar-refractivity contribution in [3.63, 3.8) is 0 Å². The van der Waals surface area contributed by atoms with Crippen molar-refractivity contribution < 1.29 is 0 Å². The van der Waals surface area contributed by atoms with E-state index in [4.69, 9.17) is 0 Å². The van der Waals surface area contributed by atoms with Crippen LogP contribution in [0.15, 0.2) is 24.4 Å². The number of nitrogens with zero attached hydrogens (tertiary/aromatic N) is 5. The number of pyridine rings is 1. The summed E-state index contributed by atoms with van der Waals surface area (Å²) in [5.41, 5.74) is 6.71. The number of aryl methyl sites for hydroxylation is 3. The lowest BCUT2D eigenvalue weighted by Crippen LogP contribution is -2.32. The molecule has 0 saturated carbocycles. The third-order valence-corrected chi connectivity index (χ3v) is 4.45. The maximum atomic E-state index is 4.68. The van der Waals surface area contributed by atoms with Gasteiger partial charge in [-0.2, -0.15) is 9.61 Å². The van der Waals surface area contributed by atoms with Crippen molar-refractivity contribution in [2.75, 3.05) is 11.4 Å². The average molecular weight is 293 g/mol. The number of hydrogen-bond acceptors (Lipinski definition) is 4. The Balaban J connectivity index is 1.84. The Hall–Kier alpha value is -2.43. The summed E-state index contributed by atoms with van der Waals surface area (Å²) in [6, 6.07) is 6.30. The van der Waals surface area contributed by atoms with E-state index in [-0.39, 0.29) is 0 Å². The molecule has 1 aliphatic heterocycles. The minimum atomic E-state index is 0.875. The Bertz CT molecular complexity index is 865. The molecule has 0 aromatic carbocycles. The summed E-state index contributed by atoms with van der Waals surface area (Å²) in [6.45, 7) is 8.01. The van der Waals surface area contributed by atoms with E-state index < -0.39 is 0 Å². The first kappa shape index (κ1) is 13.2. The quantitative estimate of drug-likeness (QED) is 0.692. The molecule has 3 aromatic rings. The summed E-state index contributed by atoms with van der Waals surface area (Å²) in [4.78, 5) is 11.5. The second-order valence-corrected chi connectivity index (χ2v) is 5.98. The smallest absolute Gasteiger partial charge is 0.160 e. The van der Waals surface area contributed by atoms with E-state index in [2.05, 4.69) is 39.0 Å². The van der Waals surface area contributed by atoms with Crippen LogP contribution in [0.1, 0.15) is 28.2 Å². The van der Waals surface area contributed by atoms with E-state index in [0.29, 0.717) is 0 Å². The second kappa shape index (κ2) is 4.80. The van der Waals surface area contributed by atoms with Crippen LogP contribution in [0.3, 0.4) is 0 Å². The molecule has 0 radical (unpaired) electrons. The van der Waals surface area contributed by atoms with Gasteiger partial charge in [0.2, 0.25) is 0 Å². The maximum Gasteiger partial charge on any atom is 0.160 e. The first-order valence-electron chi connectivity index (χ1n) is 7.65. The van der Waals surface area contributed by atoms with Crippen LogP contribution in [0.5, 0.6) is 0 Å². The first-order valence-corrected chi connectivity index (χ1v) is 7.65. The van der Waals surface area contributed by atoms with Gasteiger partial charge in [-0.05, 0) is 32.4 Å². The van der Waals surface area contributed by atoms with Crippen LogP contribution >= 0.6 is 0 Å². The molecule has 0 amide bonds. The van der Waals surface area contributed by atoms with Gasteiger partial charge in [-0.15, -0.1) is 0 Å². The molecule has 0 aliphatic carbocycles. The fraction of sp³-hybridized carbons (Fsp3) is 0.353. The van der Waals surface area contributed by atoms with Gasteiger partial charge in [-0.3, -0.25) is 4.98 Å². The predicted octanol–water partition coefficient (Wildman–Crippen LogP) is 2.61. The number of hydrogen-bond donors (Lipinski definition) is 0. The van der Waals surface area contributed by atoms with E-state index in [0.717, 1.165) is 47.9 Å². The van der Waals surface area contributed by atoms with Gasteiger partial charge < -0.3 is 4.90 Å². The molecule has 22 heavy (non-hydrogen) atoms. The van der Waals surface area contributed by atoms with Crippen molar-refractivity contribution in [3.8, 4) is 0 Å². The summed E-state index contributed by atoms with van der Waals surface area (Å²) in [5.74, 6) is 1.12. The molecular formula is C17H19N5. The fourth-order valence-corrected chi connectivity index (χ4v) is 3.12. The van der Waals surface area contributed by atoms with Crippen LogP contribution in [0.2, 0.25) is 0 Å². The molecule has 4 heterocycles. The highest BCUT2D eigenvalue weighted by atomic mass is 15.4. The fourth-order valence-electron chi connectivity index (χ4n) is 3.12. The summed E-state index contributed by atoms with van der Waals surface area (Å²) < 4.78 is 1.99.